The highest BCUT2D eigenvalue weighted by Gasteiger charge is 2.36. The third-order valence-electron chi connectivity index (χ3n) is 3.06. The predicted octanol–water partition coefficient (Wildman–Crippen LogP) is 3.89. The zero-order chi connectivity index (χ0) is 17.8. The van der Waals surface area contributed by atoms with E-state index in [1.807, 2.05) is 6.92 Å². The fourth-order valence-electron chi connectivity index (χ4n) is 1.98. The summed E-state index contributed by atoms with van der Waals surface area (Å²) in [4.78, 5) is 12.5. The summed E-state index contributed by atoms with van der Waals surface area (Å²) in [7, 11) is -4.00. The highest BCUT2D eigenvalue weighted by atomic mass is 32.2. The molecule has 0 fully saturated rings. The minimum absolute atomic E-state index is 0.0601. The van der Waals surface area contributed by atoms with Crippen LogP contribution >= 0.6 is 0 Å². The van der Waals surface area contributed by atoms with Crippen molar-refractivity contribution in [3.05, 3.63) is 42.5 Å². The SMILES string of the molecule is C=CCC(C)N(C(=O)OC(C)(C)C)S(=O)(=O)c1ccc(C)cc1. The van der Waals surface area contributed by atoms with Crippen molar-refractivity contribution in [3.8, 4) is 0 Å². The lowest BCUT2D eigenvalue weighted by molar-refractivity contribution is 0.0349. The Hall–Kier alpha value is -1.82. The molecule has 0 saturated heterocycles. The van der Waals surface area contributed by atoms with Gasteiger partial charge in [-0.25, -0.2) is 13.2 Å². The Morgan fingerprint density at radius 2 is 1.83 bits per heavy atom. The number of hydrogen-bond donors (Lipinski definition) is 0. The smallest absolute Gasteiger partial charge is 0.424 e. The number of carbonyl (C=O) groups is 1. The molecule has 0 aromatic heterocycles. The normalized spacial score (nSPS) is 13.3. The Labute approximate surface area is 139 Å². The summed E-state index contributed by atoms with van der Waals surface area (Å²) in [6.45, 7) is 12.2. The van der Waals surface area contributed by atoms with Gasteiger partial charge in [0.05, 0.1) is 10.9 Å². The third-order valence-corrected chi connectivity index (χ3v) is 4.95. The number of aryl methyl sites for hydroxylation is 1. The van der Waals surface area contributed by atoms with E-state index in [0.29, 0.717) is 6.42 Å². The van der Waals surface area contributed by atoms with E-state index in [0.717, 1.165) is 9.87 Å². The summed E-state index contributed by atoms with van der Waals surface area (Å²) in [5, 5.41) is 0. The predicted molar refractivity (Wildman–Crippen MR) is 90.7 cm³/mol. The first-order valence-electron chi connectivity index (χ1n) is 7.44. The summed E-state index contributed by atoms with van der Waals surface area (Å²) >= 11 is 0. The summed E-state index contributed by atoms with van der Waals surface area (Å²) in [5.74, 6) is 0. The zero-order valence-electron chi connectivity index (χ0n) is 14.4. The number of hydrogen-bond acceptors (Lipinski definition) is 4. The molecule has 0 N–H and O–H groups in total. The van der Waals surface area contributed by atoms with E-state index in [1.54, 1.807) is 45.9 Å². The number of amides is 1. The molecule has 1 unspecified atom stereocenters. The molecule has 1 aromatic carbocycles. The minimum atomic E-state index is -4.00. The van der Waals surface area contributed by atoms with Crippen LogP contribution in [0.4, 0.5) is 4.79 Å². The van der Waals surface area contributed by atoms with Crippen molar-refractivity contribution in [1.82, 2.24) is 4.31 Å². The zero-order valence-corrected chi connectivity index (χ0v) is 15.2. The standard InChI is InChI=1S/C17H25NO4S/c1-7-8-14(3)18(16(19)22-17(4,5)6)23(20,21)15-11-9-13(2)10-12-15/h7,9-12,14H,1,8H2,2-6H3. The quantitative estimate of drug-likeness (QED) is 0.764. The van der Waals surface area contributed by atoms with Crippen LogP contribution in [0, 0.1) is 6.92 Å². The first kappa shape index (κ1) is 19.2. The van der Waals surface area contributed by atoms with Gasteiger partial charge in [-0.2, -0.15) is 4.31 Å². The molecule has 0 aliphatic carbocycles. The molecule has 1 aromatic rings. The van der Waals surface area contributed by atoms with E-state index >= 15 is 0 Å². The molecule has 1 rings (SSSR count). The van der Waals surface area contributed by atoms with E-state index in [2.05, 4.69) is 6.58 Å². The number of carbonyl (C=O) groups excluding carboxylic acids is 1. The third kappa shape index (κ3) is 5.10. The average Bonchev–Trinajstić information content (AvgIpc) is 2.36. The molecule has 5 nitrogen and oxygen atoms in total. The Bertz CT molecular complexity index is 657. The molecule has 1 atom stereocenters. The van der Waals surface area contributed by atoms with Crippen LogP contribution in [0.5, 0.6) is 0 Å². The lowest BCUT2D eigenvalue weighted by Gasteiger charge is -2.30. The van der Waals surface area contributed by atoms with Crippen molar-refractivity contribution in [1.29, 1.82) is 0 Å². The fourth-order valence-corrected chi connectivity index (χ4v) is 3.48. The lowest BCUT2D eigenvalue weighted by Crippen LogP contribution is -2.45. The lowest BCUT2D eigenvalue weighted by atomic mass is 10.2. The van der Waals surface area contributed by atoms with Gasteiger partial charge >= 0.3 is 6.09 Å². The number of benzene rings is 1. The van der Waals surface area contributed by atoms with Crippen LogP contribution in [0.25, 0.3) is 0 Å². The van der Waals surface area contributed by atoms with Gasteiger partial charge < -0.3 is 4.74 Å². The molecule has 0 saturated carbocycles. The number of rotatable bonds is 5. The second kappa shape index (κ2) is 7.17. The summed E-state index contributed by atoms with van der Waals surface area (Å²) < 4.78 is 31.8. The van der Waals surface area contributed by atoms with Gasteiger partial charge in [0.15, 0.2) is 0 Å². The molecule has 23 heavy (non-hydrogen) atoms. The van der Waals surface area contributed by atoms with Gasteiger partial charge in [0, 0.05) is 0 Å². The summed E-state index contributed by atoms with van der Waals surface area (Å²) in [6, 6.07) is 5.77. The van der Waals surface area contributed by atoms with Crippen LogP contribution in [0.1, 0.15) is 39.7 Å². The molecule has 0 bridgehead atoms. The van der Waals surface area contributed by atoms with E-state index in [9.17, 15) is 13.2 Å². The number of nitrogens with zero attached hydrogens (tertiary/aromatic N) is 1. The largest absolute Gasteiger partial charge is 0.443 e. The molecule has 6 heteroatoms. The van der Waals surface area contributed by atoms with Crippen LogP contribution in [0.15, 0.2) is 41.8 Å². The average molecular weight is 339 g/mol. The molecule has 128 valence electrons. The van der Waals surface area contributed by atoms with Crippen LogP contribution in [0.2, 0.25) is 0 Å². The maximum Gasteiger partial charge on any atom is 0.424 e. The Kier molecular flexibility index (Phi) is 5.99. The van der Waals surface area contributed by atoms with Gasteiger partial charge in [0.2, 0.25) is 0 Å². The van der Waals surface area contributed by atoms with Crippen molar-refractivity contribution in [2.45, 2.75) is 57.6 Å². The molecule has 0 spiro atoms. The van der Waals surface area contributed by atoms with E-state index in [-0.39, 0.29) is 4.90 Å². The van der Waals surface area contributed by atoms with Crippen LogP contribution in [0.3, 0.4) is 0 Å². The maximum atomic E-state index is 12.9. The first-order chi connectivity index (χ1) is 10.5. The Balaban J connectivity index is 3.29. The maximum absolute atomic E-state index is 12.9. The van der Waals surface area contributed by atoms with E-state index < -0.39 is 27.8 Å². The van der Waals surface area contributed by atoms with Crippen molar-refractivity contribution >= 4 is 16.1 Å². The van der Waals surface area contributed by atoms with Crippen LogP contribution in [-0.4, -0.2) is 30.5 Å². The van der Waals surface area contributed by atoms with Gasteiger partial charge in [0.1, 0.15) is 5.60 Å². The molecular formula is C17H25NO4S. The van der Waals surface area contributed by atoms with Gasteiger partial charge in [-0.05, 0) is 53.2 Å². The van der Waals surface area contributed by atoms with E-state index in [4.69, 9.17) is 4.74 Å². The molecule has 1 amide bonds. The number of sulfonamides is 1. The highest BCUT2D eigenvalue weighted by Crippen LogP contribution is 2.23. The highest BCUT2D eigenvalue weighted by molar-refractivity contribution is 7.89. The van der Waals surface area contributed by atoms with Crippen molar-refractivity contribution < 1.29 is 17.9 Å². The topological polar surface area (TPSA) is 63.7 Å². The van der Waals surface area contributed by atoms with Gasteiger partial charge in [-0.1, -0.05) is 23.8 Å². The van der Waals surface area contributed by atoms with Gasteiger partial charge in [-0.3, -0.25) is 0 Å². The summed E-state index contributed by atoms with van der Waals surface area (Å²) in [6.07, 6.45) is 1.03. The van der Waals surface area contributed by atoms with Gasteiger partial charge in [-0.15, -0.1) is 6.58 Å². The Morgan fingerprint density at radius 1 is 1.30 bits per heavy atom. The monoisotopic (exact) mass is 339 g/mol. The molecule has 0 aliphatic heterocycles. The second-order valence-electron chi connectivity index (χ2n) is 6.47. The Morgan fingerprint density at radius 3 is 2.26 bits per heavy atom. The van der Waals surface area contributed by atoms with Gasteiger partial charge in [0.25, 0.3) is 10.0 Å². The fraction of sp³-hybridized carbons (Fsp3) is 0.471. The second-order valence-corrected chi connectivity index (χ2v) is 8.28. The van der Waals surface area contributed by atoms with E-state index in [1.165, 1.54) is 12.1 Å². The van der Waals surface area contributed by atoms with Crippen molar-refractivity contribution in [2.75, 3.05) is 0 Å². The van der Waals surface area contributed by atoms with Crippen molar-refractivity contribution in [2.24, 2.45) is 0 Å². The summed E-state index contributed by atoms with van der Waals surface area (Å²) in [5.41, 5.74) is 0.151. The molecule has 0 aliphatic rings. The number of ether oxygens (including phenoxy) is 1. The molecule has 0 radical (unpaired) electrons. The molecular weight excluding hydrogens is 314 g/mol. The first-order valence-corrected chi connectivity index (χ1v) is 8.88. The minimum Gasteiger partial charge on any atom is -0.443 e. The molecule has 0 heterocycles. The van der Waals surface area contributed by atoms with Crippen LogP contribution < -0.4 is 0 Å². The van der Waals surface area contributed by atoms with Crippen LogP contribution in [-0.2, 0) is 14.8 Å². The van der Waals surface area contributed by atoms with Crippen molar-refractivity contribution in [3.63, 3.8) is 0 Å².